The van der Waals surface area contributed by atoms with Gasteiger partial charge in [0.25, 0.3) is 5.91 Å². The van der Waals surface area contributed by atoms with E-state index in [1.807, 2.05) is 66.4 Å². The van der Waals surface area contributed by atoms with Gasteiger partial charge in [0.1, 0.15) is 0 Å². The summed E-state index contributed by atoms with van der Waals surface area (Å²) in [7, 11) is 0. The Morgan fingerprint density at radius 2 is 1.83 bits per heavy atom. The quantitative estimate of drug-likeness (QED) is 0.444. The second-order valence-electron chi connectivity index (χ2n) is 7.39. The van der Waals surface area contributed by atoms with Crippen molar-refractivity contribution in [3.05, 3.63) is 94.9 Å². The Balaban J connectivity index is 1.38. The van der Waals surface area contributed by atoms with Crippen molar-refractivity contribution in [2.75, 3.05) is 16.8 Å². The van der Waals surface area contributed by atoms with Crippen LogP contribution in [0.2, 0.25) is 0 Å². The highest BCUT2D eigenvalue weighted by Crippen LogP contribution is 2.35. The van der Waals surface area contributed by atoms with Crippen LogP contribution in [0.5, 0.6) is 0 Å². The molecule has 0 saturated carbocycles. The number of carbonyl (C=O) groups is 1. The molecule has 1 amide bonds. The van der Waals surface area contributed by atoms with E-state index in [0.29, 0.717) is 6.54 Å². The molecule has 0 spiro atoms. The summed E-state index contributed by atoms with van der Waals surface area (Å²) in [6.07, 6.45) is 0.861. The molecule has 0 atom stereocenters. The van der Waals surface area contributed by atoms with E-state index in [1.165, 1.54) is 5.56 Å². The van der Waals surface area contributed by atoms with Crippen molar-refractivity contribution in [3.8, 4) is 11.3 Å². The van der Waals surface area contributed by atoms with Crippen LogP contribution in [0.4, 0.5) is 16.5 Å². The molecule has 1 N–H and O–H groups in total. The van der Waals surface area contributed by atoms with Gasteiger partial charge < -0.3 is 10.2 Å². The Morgan fingerprint density at radius 3 is 2.67 bits per heavy atom. The average Bonchev–Trinajstić information content (AvgIpc) is 3.41. The Bertz CT molecular complexity index is 1220. The standard InChI is InChI=1S/C25H21N3OS/c1-17-7-5-6-10-21(17)24(29)28-14-13-19-15-18(11-12-23(19)28)22-16-30-25(27-22)26-20-8-3-2-4-9-20/h2-12,15-16H,13-14H2,1H3,(H,26,27). The third-order valence-corrected chi connectivity index (χ3v) is 6.18. The zero-order valence-electron chi connectivity index (χ0n) is 16.6. The van der Waals surface area contributed by atoms with Crippen LogP contribution in [0.15, 0.2) is 78.2 Å². The first-order chi connectivity index (χ1) is 14.7. The minimum atomic E-state index is 0.0719. The first kappa shape index (κ1) is 18.6. The third-order valence-electron chi connectivity index (χ3n) is 5.42. The van der Waals surface area contributed by atoms with Crippen LogP contribution in [-0.4, -0.2) is 17.4 Å². The van der Waals surface area contributed by atoms with Crippen molar-refractivity contribution in [2.45, 2.75) is 13.3 Å². The van der Waals surface area contributed by atoms with Crippen LogP contribution < -0.4 is 10.2 Å². The largest absolute Gasteiger partial charge is 0.332 e. The fourth-order valence-corrected chi connectivity index (χ4v) is 4.58. The van der Waals surface area contributed by atoms with E-state index >= 15 is 0 Å². The zero-order valence-corrected chi connectivity index (χ0v) is 17.4. The number of amides is 1. The highest BCUT2D eigenvalue weighted by molar-refractivity contribution is 7.14. The summed E-state index contributed by atoms with van der Waals surface area (Å²) in [6.45, 7) is 2.69. The van der Waals surface area contributed by atoms with Gasteiger partial charge in [-0.1, -0.05) is 42.5 Å². The lowest BCUT2D eigenvalue weighted by Gasteiger charge is -2.18. The van der Waals surface area contributed by atoms with Crippen molar-refractivity contribution >= 4 is 33.8 Å². The summed E-state index contributed by atoms with van der Waals surface area (Å²) in [4.78, 5) is 19.7. The van der Waals surface area contributed by atoms with Crippen LogP contribution in [0.1, 0.15) is 21.5 Å². The molecule has 0 saturated heterocycles. The summed E-state index contributed by atoms with van der Waals surface area (Å²) in [5.74, 6) is 0.0719. The van der Waals surface area contributed by atoms with Gasteiger partial charge in [0.2, 0.25) is 0 Å². The molecular formula is C25H21N3OS. The van der Waals surface area contributed by atoms with Crippen LogP contribution in [0.3, 0.4) is 0 Å². The Kier molecular flexibility index (Phi) is 4.81. The van der Waals surface area contributed by atoms with Gasteiger partial charge in [-0.2, -0.15) is 0 Å². The van der Waals surface area contributed by atoms with E-state index in [9.17, 15) is 4.79 Å². The molecule has 3 aromatic carbocycles. The van der Waals surface area contributed by atoms with Gasteiger partial charge in [-0.3, -0.25) is 4.79 Å². The molecule has 30 heavy (non-hydrogen) atoms. The molecule has 0 bridgehead atoms. The maximum Gasteiger partial charge on any atom is 0.258 e. The number of fused-ring (bicyclic) bond motifs is 1. The number of para-hydroxylation sites is 1. The molecule has 0 radical (unpaired) electrons. The minimum Gasteiger partial charge on any atom is -0.332 e. The third kappa shape index (κ3) is 3.48. The molecule has 148 valence electrons. The Hall–Kier alpha value is -3.44. The molecule has 1 aliphatic heterocycles. The number of aryl methyl sites for hydroxylation is 1. The van der Waals surface area contributed by atoms with Gasteiger partial charge in [0.05, 0.1) is 5.69 Å². The van der Waals surface area contributed by atoms with Crippen molar-refractivity contribution in [2.24, 2.45) is 0 Å². The summed E-state index contributed by atoms with van der Waals surface area (Å²) in [6, 6.07) is 24.1. The highest BCUT2D eigenvalue weighted by Gasteiger charge is 2.26. The van der Waals surface area contributed by atoms with E-state index in [2.05, 4.69) is 28.9 Å². The number of nitrogens with one attached hydrogen (secondary N) is 1. The number of aromatic nitrogens is 1. The van der Waals surface area contributed by atoms with E-state index in [-0.39, 0.29) is 5.91 Å². The monoisotopic (exact) mass is 411 g/mol. The molecular weight excluding hydrogens is 390 g/mol. The number of anilines is 3. The van der Waals surface area contributed by atoms with E-state index in [4.69, 9.17) is 4.98 Å². The number of carbonyl (C=O) groups excluding carboxylic acids is 1. The van der Waals surface area contributed by atoms with Gasteiger partial charge in [0, 0.05) is 34.4 Å². The van der Waals surface area contributed by atoms with Crippen molar-refractivity contribution < 1.29 is 4.79 Å². The number of nitrogens with zero attached hydrogens (tertiary/aromatic N) is 2. The van der Waals surface area contributed by atoms with Gasteiger partial charge in [0.15, 0.2) is 5.13 Å². The molecule has 1 aromatic heterocycles. The number of hydrogen-bond acceptors (Lipinski definition) is 4. The highest BCUT2D eigenvalue weighted by atomic mass is 32.1. The van der Waals surface area contributed by atoms with Crippen molar-refractivity contribution in [1.29, 1.82) is 0 Å². The first-order valence-corrected chi connectivity index (χ1v) is 10.9. The lowest BCUT2D eigenvalue weighted by Crippen LogP contribution is -2.29. The Labute approximate surface area is 179 Å². The zero-order chi connectivity index (χ0) is 20.5. The SMILES string of the molecule is Cc1ccccc1C(=O)N1CCc2cc(-c3csc(Nc4ccccc4)n3)ccc21. The Morgan fingerprint density at radius 1 is 1.03 bits per heavy atom. The van der Waals surface area contributed by atoms with Gasteiger partial charge >= 0.3 is 0 Å². The van der Waals surface area contributed by atoms with E-state index < -0.39 is 0 Å². The van der Waals surface area contributed by atoms with Crippen molar-refractivity contribution in [1.82, 2.24) is 4.98 Å². The molecule has 4 aromatic rings. The van der Waals surface area contributed by atoms with Crippen molar-refractivity contribution in [3.63, 3.8) is 0 Å². The molecule has 1 aliphatic rings. The number of thiazole rings is 1. The number of rotatable bonds is 4. The summed E-state index contributed by atoms with van der Waals surface area (Å²) in [5, 5.41) is 6.28. The normalized spacial score (nSPS) is 12.6. The molecule has 0 aliphatic carbocycles. The van der Waals surface area contributed by atoms with E-state index in [0.717, 1.165) is 45.3 Å². The number of benzene rings is 3. The second-order valence-corrected chi connectivity index (χ2v) is 8.25. The molecule has 5 heteroatoms. The lowest BCUT2D eigenvalue weighted by atomic mass is 10.1. The predicted octanol–water partition coefficient (Wildman–Crippen LogP) is 6.07. The topological polar surface area (TPSA) is 45.2 Å². The smallest absolute Gasteiger partial charge is 0.258 e. The molecule has 2 heterocycles. The van der Waals surface area contributed by atoms with Crippen LogP contribution in [0, 0.1) is 6.92 Å². The molecule has 5 rings (SSSR count). The fraction of sp³-hybridized carbons (Fsp3) is 0.120. The minimum absolute atomic E-state index is 0.0719. The van der Waals surface area contributed by atoms with E-state index in [1.54, 1.807) is 11.3 Å². The van der Waals surface area contributed by atoms with Gasteiger partial charge in [-0.15, -0.1) is 11.3 Å². The number of hydrogen-bond donors (Lipinski definition) is 1. The maximum atomic E-state index is 13.1. The van der Waals surface area contributed by atoms with Crippen LogP contribution in [0.25, 0.3) is 11.3 Å². The molecule has 4 nitrogen and oxygen atoms in total. The fourth-order valence-electron chi connectivity index (χ4n) is 3.84. The van der Waals surface area contributed by atoms with Crippen LogP contribution in [-0.2, 0) is 6.42 Å². The van der Waals surface area contributed by atoms with Gasteiger partial charge in [-0.05, 0) is 54.8 Å². The predicted molar refractivity (Wildman–Crippen MR) is 124 cm³/mol. The second kappa shape index (κ2) is 7.76. The summed E-state index contributed by atoms with van der Waals surface area (Å²) in [5.41, 5.74) is 7.03. The summed E-state index contributed by atoms with van der Waals surface area (Å²) >= 11 is 1.59. The van der Waals surface area contributed by atoms with Crippen LogP contribution >= 0.6 is 11.3 Å². The lowest BCUT2D eigenvalue weighted by molar-refractivity contribution is 0.0989. The average molecular weight is 412 g/mol. The summed E-state index contributed by atoms with van der Waals surface area (Å²) < 4.78 is 0. The van der Waals surface area contributed by atoms with Gasteiger partial charge in [-0.25, -0.2) is 4.98 Å². The first-order valence-electron chi connectivity index (χ1n) is 9.97. The molecule has 0 fully saturated rings. The maximum absolute atomic E-state index is 13.1. The molecule has 0 unspecified atom stereocenters.